The number of nitrogens with zero attached hydrogens (tertiary/aromatic N) is 2. The van der Waals surface area contributed by atoms with Crippen molar-refractivity contribution in [3.63, 3.8) is 0 Å². The van der Waals surface area contributed by atoms with Crippen molar-refractivity contribution in [3.05, 3.63) is 46.8 Å². The molecule has 5 nitrogen and oxygen atoms in total. The number of hydrogen-bond acceptors (Lipinski definition) is 4. The third-order valence-corrected chi connectivity index (χ3v) is 5.09. The van der Waals surface area contributed by atoms with Crippen molar-refractivity contribution in [2.45, 2.75) is 51.9 Å². The van der Waals surface area contributed by atoms with E-state index in [1.807, 2.05) is 0 Å². The van der Waals surface area contributed by atoms with Crippen molar-refractivity contribution in [2.75, 3.05) is 19.7 Å². The summed E-state index contributed by atoms with van der Waals surface area (Å²) in [6.45, 7) is 8.81. The molecular formula is C20H27N3O2. The van der Waals surface area contributed by atoms with Crippen LogP contribution in [0.3, 0.4) is 0 Å². The Morgan fingerprint density at radius 3 is 2.96 bits per heavy atom. The highest BCUT2D eigenvalue weighted by atomic mass is 16.5. The average molecular weight is 341 g/mol. The highest BCUT2D eigenvalue weighted by Crippen LogP contribution is 2.32. The van der Waals surface area contributed by atoms with Crippen LogP contribution < -0.4 is 4.74 Å². The van der Waals surface area contributed by atoms with E-state index in [1.165, 1.54) is 28.9 Å². The van der Waals surface area contributed by atoms with Gasteiger partial charge in [0, 0.05) is 36.7 Å². The third-order valence-electron chi connectivity index (χ3n) is 5.09. The first-order valence-corrected chi connectivity index (χ1v) is 9.30. The van der Waals surface area contributed by atoms with Crippen LogP contribution >= 0.6 is 0 Å². The Bertz CT molecular complexity index is 708. The fourth-order valence-corrected chi connectivity index (χ4v) is 3.87. The number of aromatic amines is 1. The Morgan fingerprint density at radius 1 is 1.32 bits per heavy atom. The minimum absolute atomic E-state index is 0.217. The summed E-state index contributed by atoms with van der Waals surface area (Å²) in [4.78, 5) is 2.52. The largest absolute Gasteiger partial charge is 0.491 e. The first-order valence-electron chi connectivity index (χ1n) is 9.30. The zero-order valence-electron chi connectivity index (χ0n) is 15.1. The Kier molecular flexibility index (Phi) is 4.77. The lowest BCUT2D eigenvalue weighted by Crippen LogP contribution is -2.20. The lowest BCUT2D eigenvalue weighted by atomic mass is 9.98. The Morgan fingerprint density at radius 2 is 2.16 bits per heavy atom. The van der Waals surface area contributed by atoms with Gasteiger partial charge in [0.1, 0.15) is 5.75 Å². The summed E-state index contributed by atoms with van der Waals surface area (Å²) < 4.78 is 11.4. The molecule has 1 atom stereocenters. The van der Waals surface area contributed by atoms with Gasteiger partial charge in [-0.15, -0.1) is 0 Å². The maximum Gasteiger partial charge on any atom is 0.119 e. The molecule has 0 saturated carbocycles. The van der Waals surface area contributed by atoms with Crippen molar-refractivity contribution in [3.8, 4) is 5.75 Å². The lowest BCUT2D eigenvalue weighted by molar-refractivity contribution is 0.109. The molecule has 2 aliphatic heterocycles. The third kappa shape index (κ3) is 3.72. The monoisotopic (exact) mass is 341 g/mol. The van der Waals surface area contributed by atoms with Crippen LogP contribution in [0.25, 0.3) is 0 Å². The first kappa shape index (κ1) is 16.6. The molecule has 0 radical (unpaired) electrons. The van der Waals surface area contributed by atoms with Gasteiger partial charge in [0.2, 0.25) is 0 Å². The molecule has 25 heavy (non-hydrogen) atoms. The quantitative estimate of drug-likeness (QED) is 0.907. The number of rotatable bonds is 5. The normalized spacial score (nSPS) is 20.8. The highest BCUT2D eigenvalue weighted by molar-refractivity contribution is 5.30. The topological polar surface area (TPSA) is 50.4 Å². The van der Waals surface area contributed by atoms with Crippen molar-refractivity contribution >= 4 is 0 Å². The molecule has 4 rings (SSSR count). The van der Waals surface area contributed by atoms with E-state index in [2.05, 4.69) is 53.2 Å². The van der Waals surface area contributed by atoms with Crippen molar-refractivity contribution in [1.29, 1.82) is 0 Å². The molecule has 0 aliphatic carbocycles. The fourth-order valence-electron chi connectivity index (χ4n) is 3.87. The van der Waals surface area contributed by atoms with E-state index < -0.39 is 0 Å². The number of fused-ring (bicyclic) bond motifs is 1. The Hall–Kier alpha value is -1.85. The van der Waals surface area contributed by atoms with Crippen LogP contribution in [-0.4, -0.2) is 40.9 Å². The number of hydrogen-bond donors (Lipinski definition) is 1. The minimum Gasteiger partial charge on any atom is -0.491 e. The number of benzene rings is 1. The van der Waals surface area contributed by atoms with Gasteiger partial charge in [-0.3, -0.25) is 10.00 Å². The summed E-state index contributed by atoms with van der Waals surface area (Å²) >= 11 is 0. The van der Waals surface area contributed by atoms with Gasteiger partial charge in [0.25, 0.3) is 0 Å². The molecule has 2 aromatic rings. The predicted molar refractivity (Wildman–Crippen MR) is 96.8 cm³/mol. The summed E-state index contributed by atoms with van der Waals surface area (Å²) in [5, 5.41) is 7.84. The van der Waals surface area contributed by atoms with E-state index in [9.17, 15) is 0 Å². The van der Waals surface area contributed by atoms with Gasteiger partial charge in [0.15, 0.2) is 0 Å². The molecular weight excluding hydrogens is 314 g/mol. The van der Waals surface area contributed by atoms with Crippen molar-refractivity contribution in [2.24, 2.45) is 0 Å². The number of aromatic nitrogens is 2. The SMILES string of the molecule is CC(C)Oc1ccc(CN2CCC(c3n[nH]c4c3COCC4)C2)cc1. The van der Waals surface area contributed by atoms with Gasteiger partial charge in [-0.2, -0.15) is 5.10 Å². The number of H-pyrrole nitrogens is 1. The number of likely N-dealkylation sites (tertiary alicyclic amines) is 1. The average Bonchev–Trinajstić information content (AvgIpc) is 3.22. The fraction of sp³-hybridized carbons (Fsp3) is 0.550. The van der Waals surface area contributed by atoms with E-state index in [4.69, 9.17) is 9.47 Å². The Labute approximate surface area is 149 Å². The maximum atomic E-state index is 5.72. The standard InChI is InChI=1S/C20H27N3O2/c1-14(2)25-17-5-3-15(4-6-17)11-23-9-7-16(12-23)20-18-13-24-10-8-19(18)21-22-20/h3-6,14,16H,7-13H2,1-2H3,(H,21,22). The van der Waals surface area contributed by atoms with Crippen molar-refractivity contribution < 1.29 is 9.47 Å². The van der Waals surface area contributed by atoms with Gasteiger partial charge in [-0.1, -0.05) is 12.1 Å². The van der Waals surface area contributed by atoms with E-state index >= 15 is 0 Å². The summed E-state index contributed by atoms with van der Waals surface area (Å²) in [7, 11) is 0. The first-order chi connectivity index (χ1) is 12.2. The summed E-state index contributed by atoms with van der Waals surface area (Å²) in [5.41, 5.74) is 5.16. The number of nitrogens with one attached hydrogen (secondary N) is 1. The van der Waals surface area contributed by atoms with Gasteiger partial charge in [-0.25, -0.2) is 0 Å². The molecule has 3 heterocycles. The zero-order valence-corrected chi connectivity index (χ0v) is 15.1. The van der Waals surface area contributed by atoms with Gasteiger partial charge < -0.3 is 9.47 Å². The molecule has 0 bridgehead atoms. The molecule has 0 spiro atoms. The van der Waals surface area contributed by atoms with Crippen LogP contribution in [0.5, 0.6) is 5.75 Å². The van der Waals surface area contributed by atoms with Crippen LogP contribution in [0.4, 0.5) is 0 Å². The highest BCUT2D eigenvalue weighted by Gasteiger charge is 2.29. The summed E-state index contributed by atoms with van der Waals surface area (Å²) in [5.74, 6) is 1.46. The lowest BCUT2D eigenvalue weighted by Gasteiger charge is -2.17. The summed E-state index contributed by atoms with van der Waals surface area (Å²) in [6.07, 6.45) is 2.35. The van der Waals surface area contributed by atoms with Gasteiger partial charge in [0.05, 0.1) is 25.0 Å². The van der Waals surface area contributed by atoms with Gasteiger partial charge >= 0.3 is 0 Å². The molecule has 1 aromatic carbocycles. The van der Waals surface area contributed by atoms with E-state index in [-0.39, 0.29) is 6.10 Å². The molecule has 5 heteroatoms. The second-order valence-electron chi connectivity index (χ2n) is 7.40. The number of ether oxygens (including phenoxy) is 2. The predicted octanol–water partition coefficient (Wildman–Crippen LogP) is 3.26. The van der Waals surface area contributed by atoms with Crippen LogP contribution in [0.2, 0.25) is 0 Å². The van der Waals surface area contributed by atoms with Crippen LogP contribution in [0.1, 0.15) is 48.7 Å². The Balaban J connectivity index is 1.37. The van der Waals surface area contributed by atoms with E-state index in [0.29, 0.717) is 5.92 Å². The maximum absolute atomic E-state index is 5.72. The van der Waals surface area contributed by atoms with Crippen molar-refractivity contribution in [1.82, 2.24) is 15.1 Å². The van der Waals surface area contributed by atoms with Crippen LogP contribution in [0.15, 0.2) is 24.3 Å². The van der Waals surface area contributed by atoms with Crippen LogP contribution in [-0.2, 0) is 24.3 Å². The molecule has 1 N–H and O–H groups in total. The molecule has 2 aliphatic rings. The smallest absolute Gasteiger partial charge is 0.119 e. The molecule has 0 amide bonds. The second-order valence-corrected chi connectivity index (χ2v) is 7.40. The summed E-state index contributed by atoms with van der Waals surface area (Å²) in [6, 6.07) is 8.50. The molecule has 1 unspecified atom stereocenters. The van der Waals surface area contributed by atoms with E-state index in [1.54, 1.807) is 0 Å². The minimum atomic E-state index is 0.217. The molecule has 1 saturated heterocycles. The zero-order chi connectivity index (χ0) is 17.2. The van der Waals surface area contributed by atoms with Gasteiger partial charge in [-0.05, 0) is 44.5 Å². The molecule has 1 fully saturated rings. The second kappa shape index (κ2) is 7.18. The molecule has 134 valence electrons. The van der Waals surface area contributed by atoms with Crippen LogP contribution in [0, 0.1) is 0 Å². The van der Waals surface area contributed by atoms with E-state index in [0.717, 1.165) is 45.0 Å². The molecule has 1 aromatic heterocycles.